The molecule has 3 unspecified atom stereocenters. The Bertz CT molecular complexity index is 511. The van der Waals surface area contributed by atoms with Crippen LogP contribution in [0.2, 0.25) is 0 Å². The van der Waals surface area contributed by atoms with Crippen LogP contribution < -0.4 is 10.6 Å². The van der Waals surface area contributed by atoms with Gasteiger partial charge in [-0.3, -0.25) is 0 Å². The fourth-order valence-electron chi connectivity index (χ4n) is 4.48. The molecule has 1 saturated heterocycles. The SMILES string of the molecule is C1CCc2nnc(CNC3CCCC3C3COCCN3)n2CC1. The smallest absolute Gasteiger partial charge is 0.147 e. The largest absolute Gasteiger partial charge is 0.379 e. The standard InChI is InChI=1S/C17H29N5O/c1-2-7-16-20-21-17(22(16)9-3-1)11-19-14-6-4-5-13(14)15-12-23-10-8-18-15/h13-15,18-19H,1-12H2. The lowest BCUT2D eigenvalue weighted by Crippen LogP contribution is -2.50. The van der Waals surface area contributed by atoms with Gasteiger partial charge in [-0.1, -0.05) is 12.8 Å². The lowest BCUT2D eigenvalue weighted by atomic mass is 9.94. The van der Waals surface area contributed by atoms with Crippen LogP contribution in [0, 0.1) is 5.92 Å². The van der Waals surface area contributed by atoms with E-state index in [1.807, 2.05) is 0 Å². The highest BCUT2D eigenvalue weighted by Gasteiger charge is 2.34. The molecule has 3 aliphatic rings. The van der Waals surface area contributed by atoms with Crippen LogP contribution in [0.1, 0.15) is 50.2 Å². The van der Waals surface area contributed by atoms with Gasteiger partial charge in [0.05, 0.1) is 19.8 Å². The second-order valence-electron chi connectivity index (χ2n) is 7.21. The van der Waals surface area contributed by atoms with Crippen LogP contribution in [0.15, 0.2) is 0 Å². The van der Waals surface area contributed by atoms with E-state index in [4.69, 9.17) is 4.74 Å². The highest BCUT2D eigenvalue weighted by molar-refractivity contribution is 4.99. The minimum atomic E-state index is 0.513. The van der Waals surface area contributed by atoms with Gasteiger partial charge < -0.3 is 19.9 Å². The highest BCUT2D eigenvalue weighted by atomic mass is 16.5. The van der Waals surface area contributed by atoms with Crippen molar-refractivity contribution in [2.75, 3.05) is 19.8 Å². The molecule has 23 heavy (non-hydrogen) atoms. The third-order valence-electron chi connectivity index (χ3n) is 5.75. The van der Waals surface area contributed by atoms with Gasteiger partial charge in [0.15, 0.2) is 0 Å². The Labute approximate surface area is 138 Å². The highest BCUT2D eigenvalue weighted by Crippen LogP contribution is 2.29. The Kier molecular flexibility index (Phi) is 4.92. The first-order valence-corrected chi connectivity index (χ1v) is 9.37. The molecule has 1 aromatic rings. The molecule has 0 aromatic carbocycles. The number of aromatic nitrogens is 3. The fraction of sp³-hybridized carbons (Fsp3) is 0.882. The van der Waals surface area contributed by atoms with Crippen molar-refractivity contribution in [2.24, 2.45) is 5.92 Å². The maximum absolute atomic E-state index is 5.66. The molecule has 128 valence electrons. The number of hydrogen-bond acceptors (Lipinski definition) is 5. The van der Waals surface area contributed by atoms with Crippen LogP contribution in [0.4, 0.5) is 0 Å². The minimum Gasteiger partial charge on any atom is -0.379 e. The van der Waals surface area contributed by atoms with Crippen molar-refractivity contribution in [3.8, 4) is 0 Å². The molecular formula is C17H29N5O. The summed E-state index contributed by atoms with van der Waals surface area (Å²) in [5, 5.41) is 16.3. The van der Waals surface area contributed by atoms with Gasteiger partial charge in [0.2, 0.25) is 0 Å². The maximum Gasteiger partial charge on any atom is 0.147 e. The van der Waals surface area contributed by atoms with Gasteiger partial charge in [-0.25, -0.2) is 0 Å². The van der Waals surface area contributed by atoms with Crippen molar-refractivity contribution in [3.05, 3.63) is 11.6 Å². The molecule has 1 saturated carbocycles. The number of fused-ring (bicyclic) bond motifs is 1. The number of nitrogens with one attached hydrogen (secondary N) is 2. The molecular weight excluding hydrogens is 290 g/mol. The molecule has 0 spiro atoms. The van der Waals surface area contributed by atoms with Gasteiger partial charge >= 0.3 is 0 Å². The van der Waals surface area contributed by atoms with E-state index < -0.39 is 0 Å². The van der Waals surface area contributed by atoms with Gasteiger partial charge in [-0.15, -0.1) is 10.2 Å². The average molecular weight is 319 g/mol. The molecule has 2 fully saturated rings. The summed E-state index contributed by atoms with van der Waals surface area (Å²) in [7, 11) is 0. The van der Waals surface area contributed by atoms with Crippen LogP contribution >= 0.6 is 0 Å². The molecule has 3 atom stereocenters. The van der Waals surface area contributed by atoms with E-state index in [0.29, 0.717) is 18.0 Å². The second-order valence-corrected chi connectivity index (χ2v) is 7.21. The van der Waals surface area contributed by atoms with Gasteiger partial charge in [0.1, 0.15) is 11.6 Å². The van der Waals surface area contributed by atoms with Crippen molar-refractivity contribution < 1.29 is 4.74 Å². The Balaban J connectivity index is 1.37. The first-order valence-electron chi connectivity index (χ1n) is 9.37. The van der Waals surface area contributed by atoms with Crippen LogP contribution in [0.25, 0.3) is 0 Å². The number of ether oxygens (including phenoxy) is 1. The fourth-order valence-corrected chi connectivity index (χ4v) is 4.48. The Morgan fingerprint density at radius 2 is 2.17 bits per heavy atom. The monoisotopic (exact) mass is 319 g/mol. The van der Waals surface area contributed by atoms with E-state index in [9.17, 15) is 0 Å². The summed E-state index contributed by atoms with van der Waals surface area (Å²) in [6, 6.07) is 1.09. The van der Waals surface area contributed by atoms with E-state index in [1.54, 1.807) is 0 Å². The van der Waals surface area contributed by atoms with E-state index >= 15 is 0 Å². The zero-order valence-electron chi connectivity index (χ0n) is 14.0. The molecule has 3 heterocycles. The van der Waals surface area contributed by atoms with Crippen molar-refractivity contribution in [3.63, 3.8) is 0 Å². The number of rotatable bonds is 4. The minimum absolute atomic E-state index is 0.513. The van der Waals surface area contributed by atoms with Gasteiger partial charge in [-0.05, 0) is 31.6 Å². The number of nitrogens with zero attached hydrogens (tertiary/aromatic N) is 3. The predicted octanol–water partition coefficient (Wildman–Crippen LogP) is 1.25. The first-order chi connectivity index (χ1) is 11.4. The Morgan fingerprint density at radius 3 is 3.09 bits per heavy atom. The first kappa shape index (κ1) is 15.5. The van der Waals surface area contributed by atoms with Gasteiger partial charge in [-0.2, -0.15) is 0 Å². The van der Waals surface area contributed by atoms with Crippen molar-refractivity contribution in [2.45, 2.75) is 70.1 Å². The molecule has 0 radical (unpaired) electrons. The van der Waals surface area contributed by atoms with Crippen molar-refractivity contribution in [1.82, 2.24) is 25.4 Å². The zero-order chi connectivity index (χ0) is 15.5. The summed E-state index contributed by atoms with van der Waals surface area (Å²) >= 11 is 0. The van der Waals surface area contributed by atoms with E-state index in [0.717, 1.165) is 45.1 Å². The molecule has 2 aliphatic heterocycles. The lowest BCUT2D eigenvalue weighted by Gasteiger charge is -2.33. The quantitative estimate of drug-likeness (QED) is 0.874. The normalized spacial score (nSPS) is 31.7. The van der Waals surface area contributed by atoms with Gasteiger partial charge in [0, 0.05) is 31.6 Å². The van der Waals surface area contributed by atoms with Crippen LogP contribution in [-0.4, -0.2) is 46.6 Å². The molecule has 0 bridgehead atoms. The van der Waals surface area contributed by atoms with E-state index in [1.165, 1.54) is 44.3 Å². The van der Waals surface area contributed by atoms with E-state index in [2.05, 4.69) is 25.4 Å². The Morgan fingerprint density at radius 1 is 1.17 bits per heavy atom. The predicted molar refractivity (Wildman–Crippen MR) is 88.2 cm³/mol. The molecule has 4 rings (SSSR count). The summed E-state index contributed by atoms with van der Waals surface area (Å²) in [6.45, 7) is 4.65. The van der Waals surface area contributed by atoms with Gasteiger partial charge in [0.25, 0.3) is 0 Å². The van der Waals surface area contributed by atoms with Crippen LogP contribution in [0.5, 0.6) is 0 Å². The molecule has 1 aliphatic carbocycles. The lowest BCUT2D eigenvalue weighted by molar-refractivity contribution is 0.0523. The van der Waals surface area contributed by atoms with Crippen LogP contribution in [0.3, 0.4) is 0 Å². The zero-order valence-corrected chi connectivity index (χ0v) is 14.0. The molecule has 0 amide bonds. The summed E-state index contributed by atoms with van der Waals surface area (Å²) < 4.78 is 8.02. The number of morpholine rings is 1. The maximum atomic E-state index is 5.66. The molecule has 2 N–H and O–H groups in total. The van der Waals surface area contributed by atoms with Crippen molar-refractivity contribution >= 4 is 0 Å². The van der Waals surface area contributed by atoms with Crippen LogP contribution in [-0.2, 0) is 24.2 Å². The molecule has 1 aromatic heterocycles. The molecule has 6 heteroatoms. The number of hydrogen-bond donors (Lipinski definition) is 2. The summed E-state index contributed by atoms with van der Waals surface area (Å²) in [4.78, 5) is 0. The summed E-state index contributed by atoms with van der Waals surface area (Å²) in [5.41, 5.74) is 0. The van der Waals surface area contributed by atoms with E-state index in [-0.39, 0.29) is 0 Å². The topological polar surface area (TPSA) is 64.0 Å². The third-order valence-corrected chi connectivity index (χ3v) is 5.75. The second kappa shape index (κ2) is 7.28. The average Bonchev–Trinajstić information content (AvgIpc) is 3.14. The van der Waals surface area contributed by atoms with Crippen molar-refractivity contribution in [1.29, 1.82) is 0 Å². The Hall–Kier alpha value is -0.980. The third kappa shape index (κ3) is 3.44. The summed E-state index contributed by atoms with van der Waals surface area (Å²) in [6.07, 6.45) is 8.80. The molecule has 6 nitrogen and oxygen atoms in total. The number of aryl methyl sites for hydroxylation is 1. The summed E-state index contributed by atoms with van der Waals surface area (Å²) in [5.74, 6) is 2.99.